The van der Waals surface area contributed by atoms with Crippen molar-refractivity contribution in [3.63, 3.8) is 0 Å². The highest BCUT2D eigenvalue weighted by Crippen LogP contribution is 2.52. The summed E-state index contributed by atoms with van der Waals surface area (Å²) in [5.41, 5.74) is 0.205. The minimum atomic E-state index is -0.893. The van der Waals surface area contributed by atoms with E-state index in [1.54, 1.807) is 6.20 Å². The van der Waals surface area contributed by atoms with Crippen molar-refractivity contribution >= 4 is 16.7 Å². The first-order valence-electron chi connectivity index (χ1n) is 15.2. The van der Waals surface area contributed by atoms with Crippen molar-refractivity contribution in [2.75, 3.05) is 37.7 Å². The molecule has 5 saturated heterocycles. The van der Waals surface area contributed by atoms with Gasteiger partial charge in [0.15, 0.2) is 5.82 Å². The first kappa shape index (κ1) is 26.4. The molecule has 222 valence electrons. The zero-order valence-electron chi connectivity index (χ0n) is 23.6. The second kappa shape index (κ2) is 9.67. The molecule has 42 heavy (non-hydrogen) atoms. The summed E-state index contributed by atoms with van der Waals surface area (Å²) in [4.78, 5) is 18.2. The van der Waals surface area contributed by atoms with E-state index in [-0.39, 0.29) is 53.0 Å². The van der Waals surface area contributed by atoms with Gasteiger partial charge in [0, 0.05) is 61.5 Å². The average Bonchev–Trinajstić information content (AvgIpc) is 3.42. The Balaban J connectivity index is 1.24. The van der Waals surface area contributed by atoms with E-state index in [0.717, 1.165) is 57.8 Å². The highest BCUT2D eigenvalue weighted by atomic mass is 19.1. The number of benzene rings is 1. The van der Waals surface area contributed by atoms with Gasteiger partial charge >= 0.3 is 6.01 Å². The summed E-state index contributed by atoms with van der Waals surface area (Å²) < 4.78 is 52.4. The number of fused-ring (bicyclic) bond motifs is 5. The average molecular weight is 581 g/mol. The minimum Gasteiger partial charge on any atom is -0.508 e. The largest absolute Gasteiger partial charge is 0.508 e. The minimum absolute atomic E-state index is 0.0449. The molecule has 2 aromatic heterocycles. The number of pyridine rings is 1. The molecular formula is C31H35F3N6O2. The molecule has 6 atom stereocenters. The smallest absolute Gasteiger partial charge is 0.319 e. The Morgan fingerprint density at radius 3 is 2.79 bits per heavy atom. The molecule has 0 amide bonds. The molecule has 9 rings (SSSR count). The number of ether oxygens (including phenoxy) is 1. The number of nitrogens with zero attached hydrogens (tertiary/aromatic N) is 5. The maximum Gasteiger partial charge on any atom is 0.319 e. The Bertz CT molecular complexity index is 1570. The van der Waals surface area contributed by atoms with Crippen LogP contribution in [0.1, 0.15) is 56.9 Å². The van der Waals surface area contributed by atoms with Crippen molar-refractivity contribution in [2.24, 2.45) is 5.92 Å². The summed E-state index contributed by atoms with van der Waals surface area (Å²) in [6.07, 6.45) is 5.75. The Hall–Kier alpha value is -3.18. The molecule has 5 aliphatic heterocycles. The quantitative estimate of drug-likeness (QED) is 0.434. The van der Waals surface area contributed by atoms with E-state index < -0.39 is 23.3 Å². The third kappa shape index (κ3) is 4.22. The first-order valence-corrected chi connectivity index (χ1v) is 15.2. The fraction of sp³-hybridized carbons (Fsp3) is 0.581. The lowest BCUT2D eigenvalue weighted by atomic mass is 9.92. The van der Waals surface area contributed by atoms with Crippen molar-refractivity contribution in [1.29, 1.82) is 0 Å². The highest BCUT2D eigenvalue weighted by Gasteiger charge is 2.49. The van der Waals surface area contributed by atoms with Gasteiger partial charge in [-0.25, -0.2) is 13.2 Å². The zero-order valence-corrected chi connectivity index (χ0v) is 23.6. The molecule has 1 aromatic carbocycles. The number of aromatic nitrogens is 3. The summed E-state index contributed by atoms with van der Waals surface area (Å²) in [5.74, 6) is -0.782. The van der Waals surface area contributed by atoms with Gasteiger partial charge in [-0.05, 0) is 56.6 Å². The van der Waals surface area contributed by atoms with Crippen molar-refractivity contribution in [3.8, 4) is 23.0 Å². The third-order valence-electron chi connectivity index (χ3n) is 10.3. The van der Waals surface area contributed by atoms with Crippen LogP contribution in [-0.2, 0) is 0 Å². The number of alkyl halides is 1. The molecule has 1 aliphatic carbocycles. The van der Waals surface area contributed by atoms with Crippen LogP contribution < -0.4 is 15.0 Å². The van der Waals surface area contributed by atoms with Crippen molar-refractivity contribution < 1.29 is 23.0 Å². The monoisotopic (exact) mass is 580 g/mol. The number of halogens is 3. The van der Waals surface area contributed by atoms with Crippen LogP contribution >= 0.6 is 0 Å². The van der Waals surface area contributed by atoms with E-state index in [9.17, 15) is 9.50 Å². The van der Waals surface area contributed by atoms with Gasteiger partial charge in [0.05, 0.1) is 10.9 Å². The summed E-state index contributed by atoms with van der Waals surface area (Å²) in [5, 5.41) is 14.3. The fourth-order valence-corrected chi connectivity index (χ4v) is 8.01. The van der Waals surface area contributed by atoms with E-state index in [2.05, 4.69) is 25.1 Å². The zero-order chi connectivity index (χ0) is 28.7. The fourth-order valence-electron chi connectivity index (χ4n) is 8.01. The van der Waals surface area contributed by atoms with Gasteiger partial charge in [-0.2, -0.15) is 9.97 Å². The summed E-state index contributed by atoms with van der Waals surface area (Å²) >= 11 is 0. The number of hydrogen-bond acceptors (Lipinski definition) is 8. The number of piperidine rings is 2. The number of anilines is 1. The normalized spacial score (nSPS) is 32.1. The Morgan fingerprint density at radius 2 is 2.05 bits per heavy atom. The number of phenolic OH excluding ortho intramolecular Hbond substituents is 1. The summed E-state index contributed by atoms with van der Waals surface area (Å²) in [7, 11) is 0. The molecule has 8 nitrogen and oxygen atoms in total. The highest BCUT2D eigenvalue weighted by molar-refractivity contribution is 5.92. The van der Waals surface area contributed by atoms with Crippen LogP contribution in [-0.4, -0.2) is 81.5 Å². The molecule has 11 heteroatoms. The van der Waals surface area contributed by atoms with E-state index in [0.29, 0.717) is 35.8 Å². The van der Waals surface area contributed by atoms with Gasteiger partial charge in [0.25, 0.3) is 0 Å². The van der Waals surface area contributed by atoms with Crippen LogP contribution in [0.5, 0.6) is 11.8 Å². The summed E-state index contributed by atoms with van der Waals surface area (Å²) in [6, 6.07) is 3.01. The number of nitrogens with one attached hydrogen (secondary N) is 1. The molecule has 6 fully saturated rings. The van der Waals surface area contributed by atoms with Gasteiger partial charge < -0.3 is 20.1 Å². The van der Waals surface area contributed by atoms with E-state index in [1.165, 1.54) is 6.07 Å². The van der Waals surface area contributed by atoms with Gasteiger partial charge in [0.2, 0.25) is 0 Å². The van der Waals surface area contributed by atoms with E-state index >= 15 is 8.78 Å². The second-order valence-electron chi connectivity index (χ2n) is 13.1. The lowest BCUT2D eigenvalue weighted by molar-refractivity contribution is 0.107. The number of rotatable bonds is 6. The molecule has 1 saturated carbocycles. The molecule has 2 bridgehead atoms. The molecule has 0 spiro atoms. The standard InChI is InChI=1S/C31H35F3N6O2/c1-16-7-21(16)25-22(8-20(41)9-24(25)33)27-26(34)28-23(12-36-27)29(40-14-18-3-4-19(40)11-35-18)38-30(37-28)42-15-31-5-2-6-39(31)13-17(32)10-31/h8-9,12,16-19,21,35,41H,2-7,10-11,13-15H2,1H3/t16-,17+,18?,19?,21+,31-/m1/s1. The van der Waals surface area contributed by atoms with E-state index in [1.807, 2.05) is 6.92 Å². The molecule has 2 unspecified atom stereocenters. The predicted molar refractivity (Wildman–Crippen MR) is 152 cm³/mol. The Kier molecular flexibility index (Phi) is 6.09. The van der Waals surface area contributed by atoms with E-state index in [4.69, 9.17) is 9.72 Å². The topological polar surface area (TPSA) is 86.6 Å². The van der Waals surface area contributed by atoms with Crippen molar-refractivity contribution in [3.05, 3.63) is 35.5 Å². The third-order valence-corrected chi connectivity index (χ3v) is 10.3. The lowest BCUT2D eigenvalue weighted by Gasteiger charge is -2.46. The van der Waals surface area contributed by atoms with Crippen LogP contribution in [0.15, 0.2) is 18.3 Å². The maximum absolute atomic E-state index is 16.6. The Morgan fingerprint density at radius 1 is 1.19 bits per heavy atom. The van der Waals surface area contributed by atoms with Gasteiger partial charge in [0.1, 0.15) is 41.4 Å². The lowest BCUT2D eigenvalue weighted by Crippen LogP contribution is -2.61. The van der Waals surface area contributed by atoms with Crippen LogP contribution in [0.3, 0.4) is 0 Å². The van der Waals surface area contributed by atoms with Gasteiger partial charge in [-0.1, -0.05) is 6.92 Å². The molecular weight excluding hydrogens is 545 g/mol. The van der Waals surface area contributed by atoms with Crippen LogP contribution in [0.2, 0.25) is 0 Å². The number of hydrogen-bond donors (Lipinski definition) is 2. The Labute approximate surface area is 242 Å². The molecule has 6 aliphatic rings. The molecule has 0 radical (unpaired) electrons. The number of phenols is 1. The first-order chi connectivity index (χ1) is 20.3. The maximum atomic E-state index is 16.6. The van der Waals surface area contributed by atoms with Crippen molar-refractivity contribution in [2.45, 2.75) is 75.2 Å². The SMILES string of the molecule is C[C@@H]1C[C@@H]1c1c(F)cc(O)cc1-c1ncc2c(N3CC4CCC3CN4)nc(OC[C@]34CCCN3C[C@@H](F)C4)nc2c1F. The van der Waals surface area contributed by atoms with Crippen LogP contribution in [0.25, 0.3) is 22.2 Å². The van der Waals surface area contributed by atoms with Crippen LogP contribution in [0, 0.1) is 17.6 Å². The van der Waals surface area contributed by atoms with Crippen molar-refractivity contribution in [1.82, 2.24) is 25.2 Å². The predicted octanol–water partition coefficient (Wildman–Crippen LogP) is 4.69. The second-order valence-corrected chi connectivity index (χ2v) is 13.1. The summed E-state index contributed by atoms with van der Waals surface area (Å²) in [6.45, 7) is 5.03. The van der Waals surface area contributed by atoms with Crippen LogP contribution in [0.4, 0.5) is 19.0 Å². The molecule has 2 N–H and O–H groups in total. The number of piperazine rings is 1. The molecule has 3 aromatic rings. The van der Waals surface area contributed by atoms with Gasteiger partial charge in [-0.15, -0.1) is 0 Å². The number of aromatic hydroxyl groups is 1. The molecule has 7 heterocycles. The van der Waals surface area contributed by atoms with Gasteiger partial charge in [-0.3, -0.25) is 9.88 Å².